The summed E-state index contributed by atoms with van der Waals surface area (Å²) in [5, 5.41) is -0.452. The molecule has 1 amide bonds. The van der Waals surface area contributed by atoms with E-state index in [9.17, 15) is 4.79 Å². The summed E-state index contributed by atoms with van der Waals surface area (Å²) in [5.41, 5.74) is 0. The first-order valence-corrected chi connectivity index (χ1v) is 4.49. The van der Waals surface area contributed by atoms with E-state index in [2.05, 4.69) is 6.58 Å². The zero-order valence-electron chi connectivity index (χ0n) is 7.88. The van der Waals surface area contributed by atoms with Crippen molar-refractivity contribution in [2.24, 2.45) is 0 Å². The van der Waals surface area contributed by atoms with Gasteiger partial charge in [0.2, 0.25) is 5.91 Å². The molecular formula is C9H16ClNO. The van der Waals surface area contributed by atoms with Gasteiger partial charge >= 0.3 is 0 Å². The number of carbonyl (C=O) groups excluding carboxylic acids is 1. The fourth-order valence-corrected chi connectivity index (χ4v) is 1.05. The van der Waals surface area contributed by atoms with Gasteiger partial charge in [-0.2, -0.15) is 0 Å². The van der Waals surface area contributed by atoms with Crippen LogP contribution >= 0.6 is 11.6 Å². The Kier molecular flexibility index (Phi) is 4.98. The molecule has 12 heavy (non-hydrogen) atoms. The normalized spacial score (nSPS) is 12.8. The van der Waals surface area contributed by atoms with Crippen LogP contribution in [0.15, 0.2) is 12.7 Å². The zero-order valence-corrected chi connectivity index (χ0v) is 8.64. The number of amides is 1. The minimum Gasteiger partial charge on any atom is -0.335 e. The van der Waals surface area contributed by atoms with Crippen molar-refractivity contribution >= 4 is 17.5 Å². The maximum atomic E-state index is 11.4. The van der Waals surface area contributed by atoms with Crippen molar-refractivity contribution in [1.29, 1.82) is 0 Å². The number of carbonyl (C=O) groups is 1. The Morgan fingerprint density at radius 2 is 2.08 bits per heavy atom. The molecule has 0 saturated carbocycles. The van der Waals surface area contributed by atoms with Crippen molar-refractivity contribution in [1.82, 2.24) is 4.90 Å². The molecule has 0 rings (SSSR count). The molecule has 0 aromatic rings. The SMILES string of the molecule is C=CCN(C(=O)C(C)Cl)C(C)C. The van der Waals surface area contributed by atoms with Gasteiger partial charge in [0.15, 0.2) is 0 Å². The van der Waals surface area contributed by atoms with E-state index < -0.39 is 5.38 Å². The van der Waals surface area contributed by atoms with Crippen molar-refractivity contribution in [2.75, 3.05) is 6.54 Å². The smallest absolute Gasteiger partial charge is 0.240 e. The van der Waals surface area contributed by atoms with Gasteiger partial charge in [0.05, 0.1) is 0 Å². The zero-order chi connectivity index (χ0) is 9.72. The number of hydrogen-bond donors (Lipinski definition) is 0. The first kappa shape index (κ1) is 11.5. The molecule has 3 heteroatoms. The van der Waals surface area contributed by atoms with Crippen molar-refractivity contribution in [2.45, 2.75) is 32.2 Å². The van der Waals surface area contributed by atoms with Crippen molar-refractivity contribution < 1.29 is 4.79 Å². The molecule has 70 valence electrons. The third-order valence-corrected chi connectivity index (χ3v) is 1.76. The maximum Gasteiger partial charge on any atom is 0.240 e. The van der Waals surface area contributed by atoms with E-state index in [0.29, 0.717) is 6.54 Å². The summed E-state index contributed by atoms with van der Waals surface area (Å²) in [6.07, 6.45) is 1.71. The molecule has 0 saturated heterocycles. The van der Waals surface area contributed by atoms with E-state index in [1.807, 2.05) is 13.8 Å². The molecule has 2 nitrogen and oxygen atoms in total. The average molecular weight is 190 g/mol. The van der Waals surface area contributed by atoms with Gasteiger partial charge in [-0.25, -0.2) is 0 Å². The first-order valence-electron chi connectivity index (χ1n) is 4.06. The predicted octanol–water partition coefficient (Wildman–Crippen LogP) is 2.04. The quantitative estimate of drug-likeness (QED) is 0.490. The summed E-state index contributed by atoms with van der Waals surface area (Å²) in [6.45, 7) is 9.75. The van der Waals surface area contributed by atoms with Crippen LogP contribution in [0.25, 0.3) is 0 Å². The van der Waals surface area contributed by atoms with Crippen molar-refractivity contribution in [3.63, 3.8) is 0 Å². The maximum absolute atomic E-state index is 11.4. The van der Waals surface area contributed by atoms with Gasteiger partial charge in [0.1, 0.15) is 5.38 Å². The molecule has 0 aromatic carbocycles. The number of nitrogens with zero attached hydrogens (tertiary/aromatic N) is 1. The summed E-state index contributed by atoms with van der Waals surface area (Å²) in [4.78, 5) is 13.1. The Morgan fingerprint density at radius 1 is 1.58 bits per heavy atom. The highest BCUT2D eigenvalue weighted by Gasteiger charge is 2.19. The van der Waals surface area contributed by atoms with Gasteiger partial charge in [-0.05, 0) is 20.8 Å². The largest absolute Gasteiger partial charge is 0.335 e. The lowest BCUT2D eigenvalue weighted by atomic mass is 10.3. The van der Waals surface area contributed by atoms with Crippen LogP contribution in [0.1, 0.15) is 20.8 Å². The van der Waals surface area contributed by atoms with Gasteiger partial charge in [0, 0.05) is 12.6 Å². The molecule has 1 unspecified atom stereocenters. The van der Waals surface area contributed by atoms with Crippen LogP contribution in [-0.4, -0.2) is 28.8 Å². The molecule has 0 radical (unpaired) electrons. The standard InChI is InChI=1S/C9H16ClNO/c1-5-6-11(7(2)3)9(12)8(4)10/h5,7-8H,1,6H2,2-4H3. The average Bonchev–Trinajstić information content (AvgIpc) is 1.98. The van der Waals surface area contributed by atoms with E-state index >= 15 is 0 Å². The molecule has 0 aliphatic rings. The predicted molar refractivity (Wildman–Crippen MR) is 52.4 cm³/mol. The van der Waals surface area contributed by atoms with Gasteiger partial charge < -0.3 is 4.90 Å². The van der Waals surface area contributed by atoms with E-state index in [1.165, 1.54) is 0 Å². The third-order valence-electron chi connectivity index (χ3n) is 1.57. The molecule has 0 bridgehead atoms. The Morgan fingerprint density at radius 3 is 2.33 bits per heavy atom. The fraction of sp³-hybridized carbons (Fsp3) is 0.667. The van der Waals surface area contributed by atoms with E-state index in [4.69, 9.17) is 11.6 Å². The Labute approximate surface area is 79.2 Å². The minimum absolute atomic E-state index is 0.0356. The molecule has 0 heterocycles. The molecule has 0 N–H and O–H groups in total. The van der Waals surface area contributed by atoms with Crippen LogP contribution < -0.4 is 0 Å². The molecule has 1 atom stereocenters. The molecule has 0 aromatic heterocycles. The van der Waals surface area contributed by atoms with Crippen LogP contribution in [0.2, 0.25) is 0 Å². The highest BCUT2D eigenvalue weighted by molar-refractivity contribution is 6.30. The lowest BCUT2D eigenvalue weighted by Crippen LogP contribution is -2.40. The number of alkyl halides is 1. The Balaban J connectivity index is 4.29. The van der Waals surface area contributed by atoms with Gasteiger partial charge in [-0.1, -0.05) is 6.08 Å². The van der Waals surface area contributed by atoms with Crippen molar-refractivity contribution in [3.05, 3.63) is 12.7 Å². The lowest BCUT2D eigenvalue weighted by molar-refractivity contribution is -0.131. The van der Waals surface area contributed by atoms with Gasteiger partial charge in [-0.15, -0.1) is 18.2 Å². The topological polar surface area (TPSA) is 20.3 Å². The van der Waals surface area contributed by atoms with Gasteiger partial charge in [-0.3, -0.25) is 4.79 Å². The van der Waals surface area contributed by atoms with Crippen LogP contribution in [0.5, 0.6) is 0 Å². The second kappa shape index (κ2) is 5.20. The highest BCUT2D eigenvalue weighted by atomic mass is 35.5. The van der Waals surface area contributed by atoms with Crippen LogP contribution in [0.3, 0.4) is 0 Å². The molecule has 0 spiro atoms. The van der Waals surface area contributed by atoms with E-state index in [1.54, 1.807) is 17.9 Å². The van der Waals surface area contributed by atoms with Crippen LogP contribution in [0, 0.1) is 0 Å². The summed E-state index contributed by atoms with van der Waals surface area (Å²) in [7, 11) is 0. The second-order valence-electron chi connectivity index (χ2n) is 2.99. The second-order valence-corrected chi connectivity index (χ2v) is 3.64. The third kappa shape index (κ3) is 3.26. The summed E-state index contributed by atoms with van der Waals surface area (Å²) >= 11 is 5.68. The molecule has 0 aliphatic heterocycles. The van der Waals surface area contributed by atoms with Crippen molar-refractivity contribution in [3.8, 4) is 0 Å². The molecule has 0 aliphatic carbocycles. The first-order chi connectivity index (χ1) is 5.50. The summed E-state index contributed by atoms with van der Waals surface area (Å²) < 4.78 is 0. The number of hydrogen-bond acceptors (Lipinski definition) is 1. The Bertz CT molecular complexity index is 166. The molecular weight excluding hydrogens is 174 g/mol. The number of halogens is 1. The number of rotatable bonds is 4. The monoisotopic (exact) mass is 189 g/mol. The summed E-state index contributed by atoms with van der Waals surface area (Å²) in [5.74, 6) is -0.0356. The highest BCUT2D eigenvalue weighted by Crippen LogP contribution is 2.05. The Hall–Kier alpha value is -0.500. The van der Waals surface area contributed by atoms with E-state index in [0.717, 1.165) is 0 Å². The van der Waals surface area contributed by atoms with Crippen LogP contribution in [-0.2, 0) is 4.79 Å². The van der Waals surface area contributed by atoms with E-state index in [-0.39, 0.29) is 11.9 Å². The van der Waals surface area contributed by atoms with Gasteiger partial charge in [0.25, 0.3) is 0 Å². The molecule has 0 fully saturated rings. The lowest BCUT2D eigenvalue weighted by Gasteiger charge is -2.26. The fourth-order valence-electron chi connectivity index (χ4n) is 0.923. The summed E-state index contributed by atoms with van der Waals surface area (Å²) in [6, 6.07) is 0.177. The van der Waals surface area contributed by atoms with Crippen LogP contribution in [0.4, 0.5) is 0 Å². The minimum atomic E-state index is -0.452.